The van der Waals surface area contributed by atoms with Crippen LogP contribution >= 0.6 is 0 Å². The van der Waals surface area contributed by atoms with E-state index in [1.54, 1.807) is 0 Å². The molecule has 19 heavy (non-hydrogen) atoms. The molecule has 1 aliphatic rings. The first kappa shape index (κ1) is 16.2. The van der Waals surface area contributed by atoms with Crippen LogP contribution in [0.5, 0.6) is 0 Å². The van der Waals surface area contributed by atoms with Crippen LogP contribution in [0.25, 0.3) is 0 Å². The van der Waals surface area contributed by atoms with Crippen molar-refractivity contribution >= 4 is 11.8 Å². The average molecular weight is 268 g/mol. The smallest absolute Gasteiger partial charge is 0.319 e. The van der Waals surface area contributed by atoms with E-state index in [0.29, 0.717) is 19.3 Å². The quantitative estimate of drug-likeness (QED) is 0.379. The molecule has 1 fully saturated rings. The zero-order valence-corrected chi connectivity index (χ0v) is 12.5. The summed E-state index contributed by atoms with van der Waals surface area (Å²) in [7, 11) is 1.40. The van der Waals surface area contributed by atoms with Crippen LogP contribution in [0.2, 0.25) is 0 Å². The Hall–Kier alpha value is -0.860. The Bertz CT molecular complexity index is 288. The standard InChI is InChI=1S/C16H28O3/c1-3-4-5-6-7-9-12-16(15(18)19-2)13-10-8-11-14(16)17/h3-13H2,1-2H3/t16-/m1/s1. The van der Waals surface area contributed by atoms with Crippen LogP contribution in [0.4, 0.5) is 0 Å². The van der Waals surface area contributed by atoms with E-state index in [4.69, 9.17) is 4.74 Å². The fourth-order valence-electron chi connectivity index (χ4n) is 3.08. The summed E-state index contributed by atoms with van der Waals surface area (Å²) in [5.74, 6) is -0.190. The van der Waals surface area contributed by atoms with Crippen LogP contribution in [-0.4, -0.2) is 18.9 Å². The van der Waals surface area contributed by atoms with E-state index in [0.717, 1.165) is 25.7 Å². The molecule has 1 aliphatic carbocycles. The zero-order chi connectivity index (χ0) is 14.1. The van der Waals surface area contributed by atoms with Crippen molar-refractivity contribution in [1.82, 2.24) is 0 Å². The Kier molecular flexibility index (Phi) is 7.11. The number of esters is 1. The van der Waals surface area contributed by atoms with Gasteiger partial charge in [0.1, 0.15) is 11.2 Å². The zero-order valence-electron chi connectivity index (χ0n) is 12.5. The summed E-state index contributed by atoms with van der Waals surface area (Å²) in [6.45, 7) is 2.20. The van der Waals surface area contributed by atoms with E-state index in [1.807, 2.05) is 0 Å². The van der Waals surface area contributed by atoms with Gasteiger partial charge in [0.15, 0.2) is 0 Å². The summed E-state index contributed by atoms with van der Waals surface area (Å²) in [5, 5.41) is 0. The van der Waals surface area contributed by atoms with E-state index >= 15 is 0 Å². The Balaban J connectivity index is 2.46. The van der Waals surface area contributed by atoms with Crippen molar-refractivity contribution in [3.8, 4) is 0 Å². The molecule has 0 bridgehead atoms. The lowest BCUT2D eigenvalue weighted by Crippen LogP contribution is -2.42. The maximum absolute atomic E-state index is 12.2. The van der Waals surface area contributed by atoms with Crippen molar-refractivity contribution in [2.45, 2.75) is 77.6 Å². The molecule has 0 saturated heterocycles. The maximum Gasteiger partial charge on any atom is 0.319 e. The summed E-state index contributed by atoms with van der Waals surface area (Å²) in [5.41, 5.74) is -0.808. The van der Waals surface area contributed by atoms with Gasteiger partial charge in [-0.2, -0.15) is 0 Å². The third-order valence-electron chi connectivity index (χ3n) is 4.32. The molecule has 0 unspecified atom stereocenters. The average Bonchev–Trinajstić information content (AvgIpc) is 2.44. The maximum atomic E-state index is 12.2. The lowest BCUT2D eigenvalue weighted by atomic mass is 9.70. The highest BCUT2D eigenvalue weighted by atomic mass is 16.5. The van der Waals surface area contributed by atoms with Gasteiger partial charge in [0, 0.05) is 6.42 Å². The van der Waals surface area contributed by atoms with Gasteiger partial charge in [-0.1, -0.05) is 51.9 Å². The first-order valence-electron chi connectivity index (χ1n) is 7.79. The Labute approximate surface area is 117 Å². The Morgan fingerprint density at radius 3 is 2.47 bits per heavy atom. The first-order valence-corrected chi connectivity index (χ1v) is 7.79. The molecular formula is C16H28O3. The fraction of sp³-hybridized carbons (Fsp3) is 0.875. The lowest BCUT2D eigenvalue weighted by molar-refractivity contribution is -0.160. The van der Waals surface area contributed by atoms with Crippen LogP contribution in [0, 0.1) is 5.41 Å². The molecule has 0 radical (unpaired) electrons. The number of methoxy groups -OCH3 is 1. The molecule has 0 aromatic heterocycles. The van der Waals surface area contributed by atoms with Gasteiger partial charge >= 0.3 is 5.97 Å². The molecule has 110 valence electrons. The molecule has 3 nitrogen and oxygen atoms in total. The number of ether oxygens (including phenoxy) is 1. The molecule has 1 rings (SSSR count). The van der Waals surface area contributed by atoms with E-state index in [2.05, 4.69) is 6.92 Å². The van der Waals surface area contributed by atoms with Crippen LogP contribution in [0.15, 0.2) is 0 Å². The van der Waals surface area contributed by atoms with E-state index in [1.165, 1.54) is 32.8 Å². The van der Waals surface area contributed by atoms with Crippen molar-refractivity contribution < 1.29 is 14.3 Å². The SMILES string of the molecule is CCCCCCCC[C@@]1(C(=O)OC)CCCCC1=O. The molecule has 1 atom stereocenters. The monoisotopic (exact) mass is 268 g/mol. The second-order valence-corrected chi connectivity index (χ2v) is 5.72. The molecular weight excluding hydrogens is 240 g/mol. The van der Waals surface area contributed by atoms with Crippen molar-refractivity contribution in [3.63, 3.8) is 0 Å². The van der Waals surface area contributed by atoms with E-state index in [-0.39, 0.29) is 11.8 Å². The molecule has 3 heteroatoms. The minimum atomic E-state index is -0.808. The summed E-state index contributed by atoms with van der Waals surface area (Å²) in [6.07, 6.45) is 10.9. The van der Waals surface area contributed by atoms with Gasteiger partial charge in [-0.15, -0.1) is 0 Å². The number of carbonyl (C=O) groups excluding carboxylic acids is 2. The summed E-state index contributed by atoms with van der Waals surface area (Å²) in [4.78, 5) is 24.2. The Morgan fingerprint density at radius 1 is 1.16 bits per heavy atom. The van der Waals surface area contributed by atoms with Crippen LogP contribution in [-0.2, 0) is 14.3 Å². The van der Waals surface area contributed by atoms with Gasteiger partial charge in [-0.3, -0.25) is 9.59 Å². The van der Waals surface area contributed by atoms with E-state index < -0.39 is 5.41 Å². The number of hydrogen-bond donors (Lipinski definition) is 0. The first-order chi connectivity index (χ1) is 9.17. The predicted octanol–water partition coefficient (Wildman–Crippen LogP) is 4.04. The summed E-state index contributed by atoms with van der Waals surface area (Å²) < 4.78 is 4.90. The third-order valence-corrected chi connectivity index (χ3v) is 4.32. The van der Waals surface area contributed by atoms with Gasteiger partial charge in [0.05, 0.1) is 7.11 Å². The highest BCUT2D eigenvalue weighted by Crippen LogP contribution is 2.39. The second kappa shape index (κ2) is 8.34. The number of unbranched alkanes of at least 4 members (excludes halogenated alkanes) is 5. The summed E-state index contributed by atoms with van der Waals surface area (Å²) in [6, 6.07) is 0. The van der Waals surface area contributed by atoms with Crippen molar-refractivity contribution in [1.29, 1.82) is 0 Å². The molecule has 0 N–H and O–H groups in total. The Morgan fingerprint density at radius 2 is 1.84 bits per heavy atom. The van der Waals surface area contributed by atoms with Gasteiger partial charge in [0.25, 0.3) is 0 Å². The van der Waals surface area contributed by atoms with Crippen LogP contribution in [0.3, 0.4) is 0 Å². The molecule has 0 amide bonds. The molecule has 0 aromatic rings. The lowest BCUT2D eigenvalue weighted by Gasteiger charge is -2.33. The molecule has 0 aromatic carbocycles. The fourth-order valence-corrected chi connectivity index (χ4v) is 3.08. The van der Waals surface area contributed by atoms with Crippen molar-refractivity contribution in [3.05, 3.63) is 0 Å². The van der Waals surface area contributed by atoms with Gasteiger partial charge in [-0.25, -0.2) is 0 Å². The molecule has 1 saturated carbocycles. The predicted molar refractivity (Wildman–Crippen MR) is 75.9 cm³/mol. The third kappa shape index (κ3) is 4.32. The second-order valence-electron chi connectivity index (χ2n) is 5.72. The van der Waals surface area contributed by atoms with Gasteiger partial charge in [0.2, 0.25) is 0 Å². The van der Waals surface area contributed by atoms with E-state index in [9.17, 15) is 9.59 Å². The molecule has 0 heterocycles. The molecule has 0 spiro atoms. The number of hydrogen-bond acceptors (Lipinski definition) is 3. The number of rotatable bonds is 8. The van der Waals surface area contributed by atoms with Crippen molar-refractivity contribution in [2.75, 3.05) is 7.11 Å². The van der Waals surface area contributed by atoms with Crippen molar-refractivity contribution in [2.24, 2.45) is 5.41 Å². The van der Waals surface area contributed by atoms with Crippen LogP contribution < -0.4 is 0 Å². The number of ketones is 1. The minimum Gasteiger partial charge on any atom is -0.468 e. The number of Topliss-reactive ketones (excluding diaryl/α,β-unsaturated/α-hetero) is 1. The topological polar surface area (TPSA) is 43.4 Å². The largest absolute Gasteiger partial charge is 0.468 e. The highest BCUT2D eigenvalue weighted by molar-refractivity contribution is 6.04. The highest BCUT2D eigenvalue weighted by Gasteiger charge is 2.46. The normalized spacial score (nSPS) is 23.4. The van der Waals surface area contributed by atoms with Crippen LogP contribution in [0.1, 0.15) is 77.6 Å². The number of carbonyl (C=O) groups is 2. The minimum absolute atomic E-state index is 0.110. The van der Waals surface area contributed by atoms with Gasteiger partial charge in [-0.05, 0) is 19.3 Å². The van der Waals surface area contributed by atoms with Gasteiger partial charge < -0.3 is 4.74 Å². The molecule has 0 aliphatic heterocycles. The summed E-state index contributed by atoms with van der Waals surface area (Å²) >= 11 is 0.